The molecule has 0 aliphatic heterocycles. The molecule has 58 valence electrons. The van der Waals surface area contributed by atoms with Crippen molar-refractivity contribution < 1.29 is 19.8 Å². The third-order valence-electron chi connectivity index (χ3n) is 1.37. The van der Waals surface area contributed by atoms with Gasteiger partial charge in [-0.3, -0.25) is 4.79 Å². The summed E-state index contributed by atoms with van der Waals surface area (Å²) in [6.07, 6.45) is -1.57. The molecule has 0 radical (unpaired) electrons. The lowest BCUT2D eigenvalue weighted by atomic mass is 10.0. The lowest BCUT2D eigenvalue weighted by molar-refractivity contribution is -0.152. The van der Waals surface area contributed by atoms with Crippen LogP contribution in [0.3, 0.4) is 0 Å². The lowest BCUT2D eigenvalue weighted by Crippen LogP contribution is -2.31. The Morgan fingerprint density at radius 3 is 1.90 bits per heavy atom. The first-order valence-electron chi connectivity index (χ1n) is 2.88. The van der Waals surface area contributed by atoms with Crippen LogP contribution in [0.5, 0.6) is 0 Å². The fourth-order valence-electron chi connectivity index (χ4n) is 0.436. The molecular weight excluding hydrogens is 136 g/mol. The van der Waals surface area contributed by atoms with Gasteiger partial charge in [0, 0.05) is 0 Å². The SMILES string of the molecule is CC(=O)C(C)C(O)C(=O)O. The van der Waals surface area contributed by atoms with E-state index in [1.807, 2.05) is 0 Å². The summed E-state index contributed by atoms with van der Waals surface area (Å²) in [5.74, 6) is -2.50. The van der Waals surface area contributed by atoms with Crippen molar-refractivity contribution in [2.24, 2.45) is 5.92 Å². The number of aliphatic hydroxyl groups excluding tert-OH is 1. The Morgan fingerprint density at radius 1 is 1.40 bits per heavy atom. The maximum absolute atomic E-state index is 10.5. The van der Waals surface area contributed by atoms with Crippen LogP contribution in [0.15, 0.2) is 0 Å². The first-order chi connectivity index (χ1) is 4.46. The van der Waals surface area contributed by atoms with Gasteiger partial charge >= 0.3 is 5.97 Å². The highest BCUT2D eigenvalue weighted by Gasteiger charge is 2.24. The summed E-state index contributed by atoms with van der Waals surface area (Å²) in [4.78, 5) is 20.5. The maximum atomic E-state index is 10.5. The zero-order valence-corrected chi connectivity index (χ0v) is 5.87. The van der Waals surface area contributed by atoms with Crippen molar-refractivity contribution in [3.8, 4) is 0 Å². The van der Waals surface area contributed by atoms with Gasteiger partial charge < -0.3 is 10.2 Å². The van der Waals surface area contributed by atoms with Crippen LogP contribution in [0.2, 0.25) is 0 Å². The molecule has 2 atom stereocenters. The minimum atomic E-state index is -1.57. The molecule has 0 aliphatic carbocycles. The molecule has 0 fully saturated rings. The van der Waals surface area contributed by atoms with Gasteiger partial charge in [-0.05, 0) is 6.92 Å². The normalized spacial score (nSPS) is 15.9. The number of rotatable bonds is 3. The van der Waals surface area contributed by atoms with E-state index >= 15 is 0 Å². The van der Waals surface area contributed by atoms with Crippen LogP contribution in [0.25, 0.3) is 0 Å². The molecule has 10 heavy (non-hydrogen) atoms. The maximum Gasteiger partial charge on any atom is 0.333 e. The van der Waals surface area contributed by atoms with Crippen molar-refractivity contribution in [1.29, 1.82) is 0 Å². The van der Waals surface area contributed by atoms with Gasteiger partial charge in [0.25, 0.3) is 0 Å². The number of ketones is 1. The minimum Gasteiger partial charge on any atom is -0.479 e. The number of carbonyl (C=O) groups is 2. The molecule has 0 heterocycles. The number of hydrogen-bond donors (Lipinski definition) is 2. The molecule has 0 amide bonds. The van der Waals surface area contributed by atoms with Crippen molar-refractivity contribution in [2.45, 2.75) is 20.0 Å². The van der Waals surface area contributed by atoms with Crippen LogP contribution in [0.1, 0.15) is 13.8 Å². The standard InChI is InChI=1S/C6H10O4/c1-3(4(2)7)5(8)6(9)10/h3,5,8H,1-2H3,(H,9,10). The van der Waals surface area contributed by atoms with Gasteiger partial charge in [0.2, 0.25) is 0 Å². The highest BCUT2D eigenvalue weighted by molar-refractivity contribution is 5.85. The van der Waals surface area contributed by atoms with E-state index in [-0.39, 0.29) is 5.78 Å². The van der Waals surface area contributed by atoms with Crippen molar-refractivity contribution in [3.05, 3.63) is 0 Å². The molecule has 0 saturated carbocycles. The fourth-order valence-corrected chi connectivity index (χ4v) is 0.436. The Hall–Kier alpha value is -0.900. The first kappa shape index (κ1) is 9.10. The van der Waals surface area contributed by atoms with E-state index in [9.17, 15) is 9.59 Å². The Kier molecular flexibility index (Phi) is 3.02. The minimum absolute atomic E-state index is 0.324. The molecule has 0 aromatic carbocycles. The molecule has 0 aromatic heterocycles. The van der Waals surface area contributed by atoms with E-state index in [1.165, 1.54) is 13.8 Å². The van der Waals surface area contributed by atoms with E-state index in [0.717, 1.165) is 0 Å². The van der Waals surface area contributed by atoms with Gasteiger partial charge in [-0.25, -0.2) is 4.79 Å². The van der Waals surface area contributed by atoms with Crippen molar-refractivity contribution in [1.82, 2.24) is 0 Å². The van der Waals surface area contributed by atoms with Gasteiger partial charge in [-0.2, -0.15) is 0 Å². The van der Waals surface area contributed by atoms with Crippen LogP contribution in [-0.2, 0) is 9.59 Å². The largest absolute Gasteiger partial charge is 0.479 e. The number of hydrogen-bond acceptors (Lipinski definition) is 3. The highest BCUT2D eigenvalue weighted by Crippen LogP contribution is 2.03. The summed E-state index contributed by atoms with van der Waals surface area (Å²) < 4.78 is 0. The van der Waals surface area contributed by atoms with Crippen LogP contribution < -0.4 is 0 Å². The topological polar surface area (TPSA) is 74.6 Å². The van der Waals surface area contributed by atoms with E-state index in [4.69, 9.17) is 10.2 Å². The van der Waals surface area contributed by atoms with Gasteiger partial charge in [-0.1, -0.05) is 6.92 Å². The zero-order chi connectivity index (χ0) is 8.31. The average Bonchev–Trinajstić information content (AvgIpc) is 1.84. The van der Waals surface area contributed by atoms with Crippen LogP contribution in [0, 0.1) is 5.92 Å². The molecular formula is C6H10O4. The number of aliphatic carboxylic acids is 1. The van der Waals surface area contributed by atoms with Gasteiger partial charge in [0.15, 0.2) is 6.10 Å². The summed E-state index contributed by atoms with van der Waals surface area (Å²) in [5.41, 5.74) is 0. The predicted molar refractivity (Wildman–Crippen MR) is 33.5 cm³/mol. The van der Waals surface area contributed by atoms with Crippen LogP contribution in [-0.4, -0.2) is 28.1 Å². The smallest absolute Gasteiger partial charge is 0.333 e. The molecule has 0 aromatic rings. The molecule has 0 rings (SSSR count). The zero-order valence-electron chi connectivity index (χ0n) is 5.87. The molecule has 0 saturated heterocycles. The summed E-state index contributed by atoms with van der Waals surface area (Å²) in [6.45, 7) is 2.62. The second-order valence-electron chi connectivity index (χ2n) is 2.18. The quantitative estimate of drug-likeness (QED) is 0.571. The molecule has 0 spiro atoms. The number of carboxylic acids is 1. The Morgan fingerprint density at radius 2 is 1.80 bits per heavy atom. The number of carboxylic acid groups (broad SMARTS) is 1. The summed E-state index contributed by atoms with van der Waals surface area (Å²) in [7, 11) is 0. The predicted octanol–water partition coefficient (Wildman–Crippen LogP) is -0.343. The van der Waals surface area contributed by atoms with Gasteiger partial charge in [0.05, 0.1) is 5.92 Å². The Bertz CT molecular complexity index is 134. The number of carbonyl (C=O) groups excluding carboxylic acids is 1. The first-order valence-corrected chi connectivity index (χ1v) is 2.88. The summed E-state index contributed by atoms with van der Waals surface area (Å²) in [6, 6.07) is 0. The van der Waals surface area contributed by atoms with E-state index in [2.05, 4.69) is 0 Å². The van der Waals surface area contributed by atoms with E-state index in [0.29, 0.717) is 0 Å². The fraction of sp³-hybridized carbons (Fsp3) is 0.667. The Labute approximate surface area is 58.5 Å². The van der Waals surface area contributed by atoms with Gasteiger partial charge in [-0.15, -0.1) is 0 Å². The molecule has 4 nitrogen and oxygen atoms in total. The Balaban J connectivity index is 4.07. The van der Waals surface area contributed by atoms with E-state index in [1.54, 1.807) is 0 Å². The molecule has 0 aliphatic rings. The molecule has 2 N–H and O–H groups in total. The van der Waals surface area contributed by atoms with Crippen LogP contribution >= 0.6 is 0 Å². The van der Waals surface area contributed by atoms with E-state index < -0.39 is 18.0 Å². The molecule has 2 unspecified atom stereocenters. The number of Topliss-reactive ketones (excluding diaryl/α,β-unsaturated/α-hetero) is 1. The second-order valence-corrected chi connectivity index (χ2v) is 2.18. The van der Waals surface area contributed by atoms with Crippen molar-refractivity contribution in [2.75, 3.05) is 0 Å². The summed E-state index contributed by atoms with van der Waals surface area (Å²) >= 11 is 0. The molecule has 0 bridgehead atoms. The van der Waals surface area contributed by atoms with Gasteiger partial charge in [0.1, 0.15) is 5.78 Å². The second kappa shape index (κ2) is 3.31. The monoisotopic (exact) mass is 146 g/mol. The third kappa shape index (κ3) is 2.14. The third-order valence-corrected chi connectivity index (χ3v) is 1.37. The lowest BCUT2D eigenvalue weighted by Gasteiger charge is -2.09. The van der Waals surface area contributed by atoms with Crippen molar-refractivity contribution >= 4 is 11.8 Å². The van der Waals surface area contributed by atoms with Crippen molar-refractivity contribution in [3.63, 3.8) is 0 Å². The molecule has 4 heteroatoms. The van der Waals surface area contributed by atoms with Crippen LogP contribution in [0.4, 0.5) is 0 Å². The average molecular weight is 146 g/mol. The summed E-state index contributed by atoms with van der Waals surface area (Å²) in [5, 5.41) is 16.9. The highest BCUT2D eigenvalue weighted by atomic mass is 16.4. The number of aliphatic hydroxyl groups is 1.